The summed E-state index contributed by atoms with van der Waals surface area (Å²) >= 11 is 0. The van der Waals surface area contributed by atoms with Gasteiger partial charge in [-0.3, -0.25) is 9.69 Å². The van der Waals surface area contributed by atoms with Gasteiger partial charge in [-0.25, -0.2) is 4.79 Å². The van der Waals surface area contributed by atoms with Crippen molar-refractivity contribution in [3.05, 3.63) is 48.3 Å². The van der Waals surface area contributed by atoms with Gasteiger partial charge < -0.3 is 29.3 Å². The first-order valence-electron chi connectivity index (χ1n) is 13.6. The number of hydrogen-bond donors (Lipinski definition) is 1. The van der Waals surface area contributed by atoms with Crippen molar-refractivity contribution >= 4 is 23.3 Å². The van der Waals surface area contributed by atoms with Gasteiger partial charge in [0.2, 0.25) is 0 Å². The summed E-state index contributed by atoms with van der Waals surface area (Å²) in [7, 11) is 1.87. The number of aryl methyl sites for hydroxylation is 1. The molecule has 1 atom stereocenters. The van der Waals surface area contributed by atoms with Gasteiger partial charge in [0.25, 0.3) is 5.91 Å². The number of nitrogens with zero attached hydrogens (tertiary/aromatic N) is 5. The van der Waals surface area contributed by atoms with E-state index >= 15 is 0 Å². The summed E-state index contributed by atoms with van der Waals surface area (Å²) in [6.07, 6.45) is 4.28. The lowest BCUT2D eigenvalue weighted by Crippen LogP contribution is -2.51. The normalized spacial score (nSPS) is 20.6. The molecule has 0 saturated carbocycles. The molecule has 0 radical (unpaired) electrons. The van der Waals surface area contributed by atoms with Gasteiger partial charge in [-0.1, -0.05) is 0 Å². The number of nitrogens with one attached hydrogen (secondary N) is 1. The van der Waals surface area contributed by atoms with E-state index in [1.165, 1.54) is 18.5 Å². The number of carbonyl (C=O) groups is 2. The minimum atomic E-state index is -0.114. The summed E-state index contributed by atoms with van der Waals surface area (Å²) in [4.78, 5) is 34.2. The van der Waals surface area contributed by atoms with Crippen molar-refractivity contribution in [2.24, 2.45) is 13.0 Å². The zero-order valence-electron chi connectivity index (χ0n) is 22.1. The van der Waals surface area contributed by atoms with Crippen molar-refractivity contribution in [1.82, 2.24) is 19.3 Å². The number of benzene rings is 1. The lowest BCUT2D eigenvalue weighted by Gasteiger charge is -2.41. The van der Waals surface area contributed by atoms with Crippen LogP contribution in [0.4, 0.5) is 16.2 Å². The number of urea groups is 1. The van der Waals surface area contributed by atoms with Crippen LogP contribution in [0.25, 0.3) is 0 Å². The number of ether oxygens (including phenoxy) is 1. The highest BCUT2D eigenvalue weighted by Crippen LogP contribution is 2.28. The number of aromatic nitrogens is 1. The molecule has 3 aliphatic heterocycles. The quantitative estimate of drug-likeness (QED) is 0.672. The molecule has 4 heterocycles. The van der Waals surface area contributed by atoms with Crippen LogP contribution in [-0.4, -0.2) is 103 Å². The number of anilines is 2. The Morgan fingerprint density at radius 1 is 0.892 bits per heavy atom. The molecule has 1 aromatic carbocycles. The van der Waals surface area contributed by atoms with Gasteiger partial charge in [0.15, 0.2) is 0 Å². The van der Waals surface area contributed by atoms with Crippen LogP contribution in [-0.2, 0) is 11.8 Å². The Morgan fingerprint density at radius 3 is 2.16 bits per heavy atom. The van der Waals surface area contributed by atoms with E-state index in [9.17, 15) is 9.59 Å². The van der Waals surface area contributed by atoms with E-state index in [1.807, 2.05) is 47.0 Å². The monoisotopic (exact) mass is 508 g/mol. The first-order valence-corrected chi connectivity index (χ1v) is 13.6. The molecule has 2 aromatic rings. The summed E-state index contributed by atoms with van der Waals surface area (Å²) < 4.78 is 7.35. The zero-order chi connectivity index (χ0) is 25.8. The highest BCUT2D eigenvalue weighted by atomic mass is 16.5. The fourth-order valence-electron chi connectivity index (χ4n) is 5.84. The zero-order valence-corrected chi connectivity index (χ0v) is 22.1. The molecule has 37 heavy (non-hydrogen) atoms. The molecule has 1 aromatic heterocycles. The number of morpholine rings is 1. The molecule has 200 valence electrons. The molecule has 0 bridgehead atoms. The maximum Gasteiger partial charge on any atom is 0.321 e. The van der Waals surface area contributed by atoms with E-state index in [-0.39, 0.29) is 11.9 Å². The van der Waals surface area contributed by atoms with Crippen LogP contribution >= 0.6 is 0 Å². The summed E-state index contributed by atoms with van der Waals surface area (Å²) in [5.74, 6) is 0.749. The molecule has 0 spiro atoms. The second kappa shape index (κ2) is 11.6. The molecule has 9 heteroatoms. The summed E-state index contributed by atoms with van der Waals surface area (Å²) in [5.41, 5.74) is 2.68. The van der Waals surface area contributed by atoms with Gasteiger partial charge in [-0.05, 0) is 62.1 Å². The van der Waals surface area contributed by atoms with Crippen LogP contribution < -0.4 is 10.2 Å². The van der Waals surface area contributed by atoms with Crippen molar-refractivity contribution in [3.63, 3.8) is 0 Å². The highest BCUT2D eigenvalue weighted by Gasteiger charge is 2.29. The molecule has 3 fully saturated rings. The van der Waals surface area contributed by atoms with Crippen LogP contribution in [0.3, 0.4) is 0 Å². The van der Waals surface area contributed by atoms with Crippen molar-refractivity contribution in [1.29, 1.82) is 0 Å². The van der Waals surface area contributed by atoms with Gasteiger partial charge >= 0.3 is 6.03 Å². The molecule has 3 saturated heterocycles. The molecule has 9 nitrogen and oxygen atoms in total. The van der Waals surface area contributed by atoms with Gasteiger partial charge in [0, 0.05) is 83.0 Å². The molecular formula is C28H40N6O3. The largest absolute Gasteiger partial charge is 0.379 e. The van der Waals surface area contributed by atoms with Crippen molar-refractivity contribution < 1.29 is 14.3 Å². The predicted octanol–water partition coefficient (Wildman–Crippen LogP) is 2.95. The molecule has 5 rings (SSSR count). The SMILES string of the molecule is CC(C1CCN(c2ccc(NC(=O)N3CCN(C(=O)c4cccn4C)CC3)cc2)CC1)N1CCOCC1. The standard InChI is InChI=1S/C28H40N6O3/c1-22(31-18-20-37-21-19-31)23-9-12-32(13-10-23)25-7-5-24(6-8-25)29-28(36)34-16-14-33(15-17-34)27(35)26-4-3-11-30(26)2/h3-8,11,22-23H,9-10,12-21H2,1-2H3,(H,29,36). The van der Waals surface area contributed by atoms with Crippen LogP contribution in [0.1, 0.15) is 30.3 Å². The van der Waals surface area contributed by atoms with Gasteiger partial charge in [0.05, 0.1) is 13.2 Å². The highest BCUT2D eigenvalue weighted by molar-refractivity contribution is 5.93. The number of piperazine rings is 1. The fraction of sp³-hybridized carbons (Fsp3) is 0.571. The third kappa shape index (κ3) is 5.93. The fourth-order valence-corrected chi connectivity index (χ4v) is 5.84. The smallest absolute Gasteiger partial charge is 0.321 e. The van der Waals surface area contributed by atoms with Crippen LogP contribution in [0, 0.1) is 5.92 Å². The second-order valence-electron chi connectivity index (χ2n) is 10.5. The Hall–Kier alpha value is -3.04. The molecular weight excluding hydrogens is 468 g/mol. The van der Waals surface area contributed by atoms with Crippen molar-refractivity contribution in [2.45, 2.75) is 25.8 Å². The van der Waals surface area contributed by atoms with E-state index in [0.29, 0.717) is 37.9 Å². The maximum absolute atomic E-state index is 12.8. The van der Waals surface area contributed by atoms with E-state index in [2.05, 4.69) is 34.2 Å². The van der Waals surface area contributed by atoms with Crippen LogP contribution in [0.15, 0.2) is 42.6 Å². The Bertz CT molecular complexity index is 1050. The Balaban J connectivity index is 1.07. The topological polar surface area (TPSA) is 73.3 Å². The number of hydrogen-bond acceptors (Lipinski definition) is 5. The molecule has 1 unspecified atom stereocenters. The van der Waals surface area contributed by atoms with Gasteiger partial charge in [0.1, 0.15) is 5.69 Å². The van der Waals surface area contributed by atoms with Crippen molar-refractivity contribution in [3.8, 4) is 0 Å². The van der Waals surface area contributed by atoms with Crippen LogP contribution in [0.5, 0.6) is 0 Å². The summed E-state index contributed by atoms with van der Waals surface area (Å²) in [5, 5.41) is 3.03. The lowest BCUT2D eigenvalue weighted by molar-refractivity contribution is 0.00449. The minimum Gasteiger partial charge on any atom is -0.379 e. The number of rotatable bonds is 5. The van der Waals surface area contributed by atoms with E-state index < -0.39 is 0 Å². The number of carbonyl (C=O) groups excluding carboxylic acids is 2. The first-order chi connectivity index (χ1) is 18.0. The molecule has 1 N–H and O–H groups in total. The molecule has 3 amide bonds. The van der Waals surface area contributed by atoms with E-state index in [4.69, 9.17) is 4.74 Å². The number of amides is 3. The lowest BCUT2D eigenvalue weighted by atomic mass is 9.89. The Labute approximate surface area is 219 Å². The van der Waals surface area contributed by atoms with Crippen LogP contribution in [0.2, 0.25) is 0 Å². The van der Waals surface area contributed by atoms with Gasteiger partial charge in [-0.2, -0.15) is 0 Å². The van der Waals surface area contributed by atoms with Gasteiger partial charge in [-0.15, -0.1) is 0 Å². The average molecular weight is 509 g/mol. The van der Waals surface area contributed by atoms with E-state index in [0.717, 1.165) is 51.0 Å². The average Bonchev–Trinajstić information content (AvgIpc) is 3.39. The Morgan fingerprint density at radius 2 is 1.54 bits per heavy atom. The predicted molar refractivity (Wildman–Crippen MR) is 145 cm³/mol. The van der Waals surface area contributed by atoms with E-state index in [1.54, 1.807) is 4.90 Å². The Kier molecular flexibility index (Phi) is 8.00. The summed E-state index contributed by atoms with van der Waals surface area (Å²) in [6.45, 7) is 10.5. The first kappa shape index (κ1) is 25.6. The third-order valence-corrected chi connectivity index (χ3v) is 8.34. The number of piperidine rings is 1. The maximum atomic E-state index is 12.8. The molecule has 3 aliphatic rings. The second-order valence-corrected chi connectivity index (χ2v) is 10.5. The third-order valence-electron chi connectivity index (χ3n) is 8.34. The summed E-state index contributed by atoms with van der Waals surface area (Å²) in [6, 6.07) is 12.4. The van der Waals surface area contributed by atoms with Crippen molar-refractivity contribution in [2.75, 3.05) is 75.8 Å². The minimum absolute atomic E-state index is 0.0164. The molecule has 0 aliphatic carbocycles.